The zero-order valence-electron chi connectivity index (χ0n) is 11.1. The lowest BCUT2D eigenvalue weighted by atomic mass is 10.3. The van der Waals surface area contributed by atoms with E-state index in [1.807, 2.05) is 13.8 Å². The highest BCUT2D eigenvalue weighted by Crippen LogP contribution is 2.13. The lowest BCUT2D eigenvalue weighted by Crippen LogP contribution is -2.28. The van der Waals surface area contributed by atoms with Gasteiger partial charge in [0.15, 0.2) is 5.11 Å². The molecule has 1 aromatic rings. The second-order valence-electron chi connectivity index (χ2n) is 3.91. The summed E-state index contributed by atoms with van der Waals surface area (Å²) in [6.07, 6.45) is 0.760. The Balaban J connectivity index is 2.73. The van der Waals surface area contributed by atoms with E-state index < -0.39 is 10.0 Å². The number of rotatable bonds is 6. The Morgan fingerprint density at radius 2 is 1.84 bits per heavy atom. The molecule has 0 bridgehead atoms. The quantitative estimate of drug-likeness (QED) is 0.698. The van der Waals surface area contributed by atoms with Crippen LogP contribution in [0.5, 0.6) is 0 Å². The van der Waals surface area contributed by atoms with E-state index in [4.69, 9.17) is 12.2 Å². The molecule has 106 valence electrons. The molecular weight excluding hydrogens is 282 g/mol. The molecule has 0 unspecified atom stereocenters. The fraction of sp³-hybridized carbons (Fsp3) is 0.417. The van der Waals surface area contributed by atoms with E-state index in [0.29, 0.717) is 11.7 Å². The normalized spacial score (nSPS) is 11.1. The van der Waals surface area contributed by atoms with Crippen molar-refractivity contribution in [3.8, 4) is 0 Å². The highest BCUT2D eigenvalue weighted by molar-refractivity contribution is 7.89. The van der Waals surface area contributed by atoms with Gasteiger partial charge in [-0.1, -0.05) is 6.92 Å². The molecule has 0 aliphatic rings. The largest absolute Gasteiger partial charge is 0.363 e. The van der Waals surface area contributed by atoms with E-state index in [-0.39, 0.29) is 4.90 Å². The van der Waals surface area contributed by atoms with Crippen molar-refractivity contribution >= 4 is 33.0 Å². The Hall–Kier alpha value is -1.18. The van der Waals surface area contributed by atoms with Gasteiger partial charge in [-0.05, 0) is 49.8 Å². The molecule has 0 amide bonds. The van der Waals surface area contributed by atoms with Crippen LogP contribution in [0.2, 0.25) is 0 Å². The summed E-state index contributed by atoms with van der Waals surface area (Å²) in [6.45, 7) is 5.03. The zero-order valence-corrected chi connectivity index (χ0v) is 12.7. The van der Waals surface area contributed by atoms with Gasteiger partial charge in [-0.15, -0.1) is 0 Å². The molecule has 0 aromatic heterocycles. The zero-order chi connectivity index (χ0) is 14.3. The molecule has 0 atom stereocenters. The molecule has 0 spiro atoms. The maximum atomic E-state index is 11.9. The highest BCUT2D eigenvalue weighted by Gasteiger charge is 2.12. The third-order valence-corrected chi connectivity index (χ3v) is 4.03. The lowest BCUT2D eigenvalue weighted by Gasteiger charge is -2.10. The summed E-state index contributed by atoms with van der Waals surface area (Å²) in [5, 5.41) is 6.44. The van der Waals surface area contributed by atoms with Crippen LogP contribution in [0.25, 0.3) is 0 Å². The van der Waals surface area contributed by atoms with Crippen LogP contribution in [0.15, 0.2) is 29.2 Å². The Morgan fingerprint density at radius 1 is 1.21 bits per heavy atom. The van der Waals surface area contributed by atoms with E-state index in [0.717, 1.165) is 18.7 Å². The first-order valence-electron chi connectivity index (χ1n) is 6.14. The van der Waals surface area contributed by atoms with Crippen LogP contribution >= 0.6 is 12.2 Å². The predicted molar refractivity (Wildman–Crippen MR) is 81.8 cm³/mol. The van der Waals surface area contributed by atoms with Gasteiger partial charge < -0.3 is 10.6 Å². The molecule has 0 fully saturated rings. The second-order valence-corrected chi connectivity index (χ2v) is 6.08. The molecule has 5 nitrogen and oxygen atoms in total. The maximum absolute atomic E-state index is 11.9. The average molecular weight is 301 g/mol. The molecule has 1 aromatic carbocycles. The van der Waals surface area contributed by atoms with Crippen LogP contribution < -0.4 is 15.4 Å². The first-order chi connectivity index (χ1) is 8.99. The van der Waals surface area contributed by atoms with Gasteiger partial charge in [0.1, 0.15) is 0 Å². The molecule has 0 saturated heterocycles. The van der Waals surface area contributed by atoms with Crippen molar-refractivity contribution in [2.24, 2.45) is 0 Å². The summed E-state index contributed by atoms with van der Waals surface area (Å²) in [6, 6.07) is 6.47. The van der Waals surface area contributed by atoms with Gasteiger partial charge in [-0.2, -0.15) is 0 Å². The number of anilines is 1. The van der Waals surface area contributed by atoms with Crippen molar-refractivity contribution in [2.75, 3.05) is 18.4 Å². The van der Waals surface area contributed by atoms with Crippen molar-refractivity contribution in [1.82, 2.24) is 10.0 Å². The summed E-state index contributed by atoms with van der Waals surface area (Å²) in [7, 11) is -3.40. The molecule has 3 N–H and O–H groups in total. The van der Waals surface area contributed by atoms with Gasteiger partial charge in [-0.3, -0.25) is 0 Å². The number of thiocarbonyl (C=S) groups is 1. The molecule has 0 heterocycles. The van der Waals surface area contributed by atoms with E-state index in [1.165, 1.54) is 0 Å². The van der Waals surface area contributed by atoms with Gasteiger partial charge in [-0.25, -0.2) is 13.1 Å². The van der Waals surface area contributed by atoms with Crippen molar-refractivity contribution in [1.29, 1.82) is 0 Å². The molecule has 0 aliphatic carbocycles. The van der Waals surface area contributed by atoms with Gasteiger partial charge >= 0.3 is 0 Å². The van der Waals surface area contributed by atoms with E-state index >= 15 is 0 Å². The Morgan fingerprint density at radius 3 is 2.37 bits per heavy atom. The SMILES string of the molecule is CCCNS(=O)(=O)c1ccc(NC(=S)NCC)cc1. The van der Waals surface area contributed by atoms with Crippen LogP contribution in [0.3, 0.4) is 0 Å². The summed E-state index contributed by atoms with van der Waals surface area (Å²) >= 11 is 5.05. The number of nitrogens with one attached hydrogen (secondary N) is 3. The molecule has 19 heavy (non-hydrogen) atoms. The molecular formula is C12H19N3O2S2. The Kier molecular flexibility index (Phi) is 6.20. The van der Waals surface area contributed by atoms with Crippen molar-refractivity contribution in [2.45, 2.75) is 25.2 Å². The van der Waals surface area contributed by atoms with Crippen molar-refractivity contribution in [3.05, 3.63) is 24.3 Å². The lowest BCUT2D eigenvalue weighted by molar-refractivity contribution is 0.581. The average Bonchev–Trinajstić information content (AvgIpc) is 2.37. The monoisotopic (exact) mass is 301 g/mol. The van der Waals surface area contributed by atoms with Crippen LogP contribution in [0, 0.1) is 0 Å². The molecule has 1 rings (SSSR count). The number of hydrogen-bond donors (Lipinski definition) is 3. The van der Waals surface area contributed by atoms with Crippen molar-refractivity contribution < 1.29 is 8.42 Å². The third kappa shape index (κ3) is 5.14. The second kappa shape index (κ2) is 7.42. The summed E-state index contributed by atoms with van der Waals surface area (Å²) < 4.78 is 26.2. The smallest absolute Gasteiger partial charge is 0.240 e. The Bertz CT molecular complexity index is 512. The number of sulfonamides is 1. The molecule has 0 radical (unpaired) electrons. The van der Waals surface area contributed by atoms with Gasteiger partial charge in [0.2, 0.25) is 10.0 Å². The third-order valence-electron chi connectivity index (χ3n) is 2.30. The topological polar surface area (TPSA) is 70.2 Å². The fourth-order valence-electron chi connectivity index (χ4n) is 1.37. The van der Waals surface area contributed by atoms with Crippen LogP contribution in [0.1, 0.15) is 20.3 Å². The standard InChI is InChI=1S/C12H19N3O2S2/c1-3-9-14-19(16,17)11-7-5-10(6-8-11)15-12(18)13-4-2/h5-8,14H,3-4,9H2,1-2H3,(H2,13,15,18). The summed E-state index contributed by atoms with van der Waals surface area (Å²) in [4.78, 5) is 0.251. The first kappa shape index (κ1) is 15.9. The van der Waals surface area contributed by atoms with E-state index in [1.54, 1.807) is 24.3 Å². The van der Waals surface area contributed by atoms with Crippen LogP contribution in [-0.4, -0.2) is 26.6 Å². The van der Waals surface area contributed by atoms with Gasteiger partial charge in [0.05, 0.1) is 4.90 Å². The maximum Gasteiger partial charge on any atom is 0.240 e. The predicted octanol–water partition coefficient (Wildman–Crippen LogP) is 1.68. The summed E-state index contributed by atoms with van der Waals surface area (Å²) in [5.41, 5.74) is 0.750. The van der Waals surface area contributed by atoms with Crippen LogP contribution in [0.4, 0.5) is 5.69 Å². The minimum absolute atomic E-state index is 0.251. The minimum Gasteiger partial charge on any atom is -0.363 e. The molecule has 7 heteroatoms. The van der Waals surface area contributed by atoms with Gasteiger partial charge in [0, 0.05) is 18.8 Å². The number of benzene rings is 1. The minimum atomic E-state index is -3.40. The fourth-order valence-corrected chi connectivity index (χ4v) is 2.77. The highest BCUT2D eigenvalue weighted by atomic mass is 32.2. The first-order valence-corrected chi connectivity index (χ1v) is 8.03. The van der Waals surface area contributed by atoms with Crippen molar-refractivity contribution in [3.63, 3.8) is 0 Å². The van der Waals surface area contributed by atoms with E-state index in [2.05, 4.69) is 15.4 Å². The van der Waals surface area contributed by atoms with Crippen LogP contribution in [-0.2, 0) is 10.0 Å². The number of hydrogen-bond acceptors (Lipinski definition) is 3. The molecule has 0 aliphatic heterocycles. The Labute approximate surface area is 119 Å². The molecule has 0 saturated carbocycles. The summed E-state index contributed by atoms with van der Waals surface area (Å²) in [5.74, 6) is 0. The van der Waals surface area contributed by atoms with Gasteiger partial charge in [0.25, 0.3) is 0 Å². The van der Waals surface area contributed by atoms with E-state index in [9.17, 15) is 8.42 Å².